The van der Waals surface area contributed by atoms with Crippen molar-refractivity contribution in [3.05, 3.63) is 60.6 Å². The number of hydrogen-bond donors (Lipinski definition) is 1. The number of carbonyl (C=O) groups excluding carboxylic acids is 1. The minimum absolute atomic E-state index is 0.0342. The van der Waals surface area contributed by atoms with Gasteiger partial charge in [-0.25, -0.2) is 9.97 Å². The number of anilines is 2. The Kier molecular flexibility index (Phi) is 6.46. The molecular weight excluding hydrogens is 384 g/mol. The van der Waals surface area contributed by atoms with Gasteiger partial charge in [0.1, 0.15) is 6.26 Å². The summed E-state index contributed by atoms with van der Waals surface area (Å²) in [5.41, 5.74) is 2.56. The van der Waals surface area contributed by atoms with Crippen LogP contribution in [0.15, 0.2) is 59.3 Å². The number of carbonyl (C=O) groups is 1. The maximum atomic E-state index is 12.4. The predicted octanol–water partition coefficient (Wildman–Crippen LogP) is 4.60. The van der Waals surface area contributed by atoms with E-state index < -0.39 is 0 Å². The Morgan fingerprint density at radius 1 is 1.10 bits per heavy atom. The second-order valence-corrected chi connectivity index (χ2v) is 7.96. The molecule has 1 aliphatic heterocycles. The zero-order chi connectivity index (χ0) is 19.9. The molecule has 0 unspecified atom stereocenters. The maximum absolute atomic E-state index is 12.4. The number of benzene rings is 1. The van der Waals surface area contributed by atoms with Crippen LogP contribution in [-0.2, 0) is 10.5 Å². The van der Waals surface area contributed by atoms with Crippen LogP contribution in [0.1, 0.15) is 25.0 Å². The third-order valence-corrected chi connectivity index (χ3v) is 5.74. The lowest BCUT2D eigenvalue weighted by Crippen LogP contribution is -2.31. The van der Waals surface area contributed by atoms with Gasteiger partial charge in [-0.05, 0) is 43.5 Å². The Bertz CT molecular complexity index is 939. The molecule has 1 aliphatic rings. The van der Waals surface area contributed by atoms with E-state index in [1.54, 1.807) is 12.5 Å². The Balaban J connectivity index is 1.29. The van der Waals surface area contributed by atoms with Gasteiger partial charge in [0.05, 0.1) is 17.1 Å². The highest BCUT2D eigenvalue weighted by molar-refractivity contribution is 7.99. The van der Waals surface area contributed by atoms with Crippen LogP contribution in [0, 0.1) is 0 Å². The summed E-state index contributed by atoms with van der Waals surface area (Å²) in [4.78, 5) is 23.7. The molecule has 0 bridgehead atoms. The van der Waals surface area contributed by atoms with Gasteiger partial charge in [0.15, 0.2) is 5.82 Å². The molecule has 6 nitrogen and oxygen atoms in total. The van der Waals surface area contributed by atoms with Crippen molar-refractivity contribution in [3.8, 4) is 11.5 Å². The molecule has 150 valence electrons. The lowest BCUT2D eigenvalue weighted by atomic mass is 10.1. The molecule has 0 aliphatic carbocycles. The molecule has 29 heavy (non-hydrogen) atoms. The van der Waals surface area contributed by atoms with Crippen LogP contribution in [0.5, 0.6) is 0 Å². The molecule has 1 aromatic carbocycles. The zero-order valence-corrected chi connectivity index (χ0v) is 17.0. The van der Waals surface area contributed by atoms with E-state index in [1.807, 2.05) is 42.5 Å². The quantitative estimate of drug-likeness (QED) is 0.616. The van der Waals surface area contributed by atoms with E-state index in [1.165, 1.54) is 31.0 Å². The van der Waals surface area contributed by atoms with Gasteiger partial charge in [0.25, 0.3) is 0 Å². The van der Waals surface area contributed by atoms with Gasteiger partial charge in [0.2, 0.25) is 11.8 Å². The maximum Gasteiger partial charge on any atom is 0.234 e. The molecule has 0 radical (unpaired) electrons. The Morgan fingerprint density at radius 2 is 1.93 bits per heavy atom. The molecule has 1 N–H and O–H groups in total. The van der Waals surface area contributed by atoms with E-state index in [0.717, 1.165) is 35.9 Å². The monoisotopic (exact) mass is 408 g/mol. The van der Waals surface area contributed by atoms with Gasteiger partial charge in [-0.3, -0.25) is 4.79 Å². The number of oxazole rings is 1. The summed E-state index contributed by atoms with van der Waals surface area (Å²) >= 11 is 1.52. The first kappa shape index (κ1) is 19.5. The average molecular weight is 409 g/mol. The number of nitrogens with zero attached hydrogens (tertiary/aromatic N) is 3. The van der Waals surface area contributed by atoms with E-state index in [0.29, 0.717) is 17.4 Å². The molecule has 0 saturated carbocycles. The predicted molar refractivity (Wildman–Crippen MR) is 117 cm³/mol. The van der Waals surface area contributed by atoms with Crippen molar-refractivity contribution in [1.82, 2.24) is 9.97 Å². The van der Waals surface area contributed by atoms with Crippen LogP contribution in [0.4, 0.5) is 11.5 Å². The zero-order valence-electron chi connectivity index (χ0n) is 16.2. The number of pyridine rings is 1. The van der Waals surface area contributed by atoms with E-state index >= 15 is 0 Å². The molecule has 1 saturated heterocycles. The summed E-state index contributed by atoms with van der Waals surface area (Å²) in [5, 5.41) is 3.02. The lowest BCUT2D eigenvalue weighted by molar-refractivity contribution is -0.113. The van der Waals surface area contributed by atoms with Crippen LogP contribution in [0.25, 0.3) is 11.5 Å². The van der Waals surface area contributed by atoms with Crippen LogP contribution in [0.2, 0.25) is 0 Å². The number of thioether (sulfide) groups is 1. The first-order valence-electron chi connectivity index (χ1n) is 9.87. The number of piperidine rings is 1. The SMILES string of the molecule is O=C(CSCc1coc(-c2ccccc2)n1)Nc1cccnc1N1CCCCC1. The van der Waals surface area contributed by atoms with Gasteiger partial charge < -0.3 is 14.6 Å². The number of hydrogen-bond acceptors (Lipinski definition) is 6. The summed E-state index contributed by atoms with van der Waals surface area (Å²) in [6, 6.07) is 13.6. The van der Waals surface area contributed by atoms with Crippen LogP contribution in [-0.4, -0.2) is 34.7 Å². The average Bonchev–Trinajstić information content (AvgIpc) is 3.24. The number of amides is 1. The van der Waals surface area contributed by atoms with Crippen molar-refractivity contribution in [1.29, 1.82) is 0 Å². The van der Waals surface area contributed by atoms with Crippen molar-refractivity contribution in [2.24, 2.45) is 0 Å². The van der Waals surface area contributed by atoms with Crippen molar-refractivity contribution < 1.29 is 9.21 Å². The van der Waals surface area contributed by atoms with Gasteiger partial charge in [-0.15, -0.1) is 11.8 Å². The second-order valence-electron chi connectivity index (χ2n) is 6.97. The van der Waals surface area contributed by atoms with Gasteiger partial charge in [-0.2, -0.15) is 0 Å². The first-order valence-corrected chi connectivity index (χ1v) is 11.0. The summed E-state index contributed by atoms with van der Waals surface area (Å²) in [6.45, 7) is 1.98. The van der Waals surface area contributed by atoms with Gasteiger partial charge in [-0.1, -0.05) is 18.2 Å². The summed E-state index contributed by atoms with van der Waals surface area (Å²) in [7, 11) is 0. The Labute approximate surface area is 174 Å². The van der Waals surface area contributed by atoms with E-state index in [-0.39, 0.29) is 5.91 Å². The molecular formula is C22H24N4O2S. The summed E-state index contributed by atoms with van der Waals surface area (Å²) < 4.78 is 5.55. The fraction of sp³-hybridized carbons (Fsp3) is 0.318. The topological polar surface area (TPSA) is 71.3 Å². The fourth-order valence-corrected chi connectivity index (χ4v) is 4.07. The Hall–Kier alpha value is -2.80. The molecule has 3 heterocycles. The molecule has 1 amide bonds. The number of aromatic nitrogens is 2. The van der Waals surface area contributed by atoms with E-state index in [2.05, 4.69) is 20.2 Å². The van der Waals surface area contributed by atoms with Gasteiger partial charge >= 0.3 is 0 Å². The summed E-state index contributed by atoms with van der Waals surface area (Å²) in [5.74, 6) is 2.41. The Morgan fingerprint density at radius 3 is 2.76 bits per heavy atom. The standard InChI is InChI=1S/C22H24N4O2S/c27-20(25-19-10-7-11-23-21(19)26-12-5-2-6-13-26)16-29-15-18-14-28-22(24-18)17-8-3-1-4-9-17/h1,3-4,7-11,14H,2,5-6,12-13,15-16H2,(H,25,27). The molecule has 0 spiro atoms. The molecule has 4 rings (SSSR count). The van der Waals surface area contributed by atoms with Crippen LogP contribution < -0.4 is 10.2 Å². The molecule has 7 heteroatoms. The van der Waals surface area contributed by atoms with Crippen LogP contribution >= 0.6 is 11.8 Å². The van der Waals surface area contributed by atoms with Crippen molar-refractivity contribution in [3.63, 3.8) is 0 Å². The molecule has 2 aromatic heterocycles. The highest BCUT2D eigenvalue weighted by Gasteiger charge is 2.17. The highest BCUT2D eigenvalue weighted by atomic mass is 32.2. The highest BCUT2D eigenvalue weighted by Crippen LogP contribution is 2.26. The third kappa shape index (κ3) is 5.17. The first-order chi connectivity index (χ1) is 14.3. The second kappa shape index (κ2) is 9.60. The lowest BCUT2D eigenvalue weighted by Gasteiger charge is -2.29. The minimum atomic E-state index is -0.0342. The van der Waals surface area contributed by atoms with Gasteiger partial charge in [0, 0.05) is 30.6 Å². The fourth-order valence-electron chi connectivity index (χ4n) is 3.37. The molecule has 1 fully saturated rings. The number of nitrogens with one attached hydrogen (secondary N) is 1. The van der Waals surface area contributed by atoms with E-state index in [9.17, 15) is 4.79 Å². The van der Waals surface area contributed by atoms with Crippen molar-refractivity contribution in [2.45, 2.75) is 25.0 Å². The number of rotatable bonds is 7. The molecule has 0 atom stereocenters. The smallest absolute Gasteiger partial charge is 0.234 e. The largest absolute Gasteiger partial charge is 0.444 e. The third-order valence-electron chi connectivity index (χ3n) is 4.77. The van der Waals surface area contributed by atoms with Crippen molar-refractivity contribution in [2.75, 3.05) is 29.1 Å². The van der Waals surface area contributed by atoms with Crippen LogP contribution in [0.3, 0.4) is 0 Å². The van der Waals surface area contributed by atoms with E-state index in [4.69, 9.17) is 4.42 Å². The molecule has 3 aromatic rings. The summed E-state index contributed by atoms with van der Waals surface area (Å²) in [6.07, 6.45) is 7.03. The van der Waals surface area contributed by atoms with Crippen molar-refractivity contribution >= 4 is 29.2 Å². The minimum Gasteiger partial charge on any atom is -0.444 e. The normalized spacial score (nSPS) is 14.0.